The normalized spacial score (nSPS) is 41.5. The predicted octanol–water partition coefficient (Wildman–Crippen LogP) is 0.921. The average Bonchev–Trinajstić information content (AvgIpc) is 2.39. The van der Waals surface area contributed by atoms with Gasteiger partial charge in [-0.2, -0.15) is 0 Å². The Morgan fingerprint density at radius 2 is 1.75 bits per heavy atom. The molecule has 1 heterocycles. The Hall–Kier alpha value is -0.0800. The van der Waals surface area contributed by atoms with Gasteiger partial charge < -0.3 is 5.73 Å². The molecule has 1 saturated carbocycles. The van der Waals surface area contributed by atoms with E-state index >= 15 is 0 Å². The molecule has 2 nitrogen and oxygen atoms in total. The van der Waals surface area contributed by atoms with Crippen molar-refractivity contribution in [2.45, 2.75) is 26.3 Å². The van der Waals surface area contributed by atoms with Crippen LogP contribution in [0.25, 0.3) is 0 Å². The molecule has 0 aromatic carbocycles. The summed E-state index contributed by atoms with van der Waals surface area (Å²) in [5, 5.41) is 0. The number of nitrogens with two attached hydrogens (primary N) is 1. The summed E-state index contributed by atoms with van der Waals surface area (Å²) in [6.07, 6.45) is 0. The van der Waals surface area contributed by atoms with Gasteiger partial charge in [0.05, 0.1) is 0 Å². The summed E-state index contributed by atoms with van der Waals surface area (Å²) in [6.45, 7) is 10.4. The van der Waals surface area contributed by atoms with Gasteiger partial charge in [-0.3, -0.25) is 4.90 Å². The van der Waals surface area contributed by atoms with Crippen LogP contribution in [0.4, 0.5) is 0 Å². The minimum absolute atomic E-state index is 0.368. The van der Waals surface area contributed by atoms with Crippen LogP contribution >= 0.6 is 0 Å². The van der Waals surface area contributed by atoms with Crippen molar-refractivity contribution in [3.63, 3.8) is 0 Å². The number of hydrogen-bond acceptors (Lipinski definition) is 2. The molecule has 2 N–H and O–H groups in total. The van der Waals surface area contributed by atoms with E-state index in [0.29, 0.717) is 5.54 Å². The number of piperidine rings is 1. The van der Waals surface area contributed by atoms with Crippen LogP contribution in [0, 0.1) is 17.8 Å². The summed E-state index contributed by atoms with van der Waals surface area (Å²) in [5.41, 5.74) is 6.03. The van der Waals surface area contributed by atoms with Crippen LogP contribution in [-0.4, -0.2) is 30.1 Å². The summed E-state index contributed by atoms with van der Waals surface area (Å²) in [4.78, 5) is 2.59. The highest BCUT2D eigenvalue weighted by atomic mass is 15.2. The maximum atomic E-state index is 5.66. The lowest BCUT2D eigenvalue weighted by Gasteiger charge is -2.33. The topological polar surface area (TPSA) is 29.3 Å². The maximum Gasteiger partial charge on any atom is 0.0125 e. The van der Waals surface area contributed by atoms with E-state index in [-0.39, 0.29) is 0 Å². The van der Waals surface area contributed by atoms with Crippen molar-refractivity contribution in [2.75, 3.05) is 19.6 Å². The van der Waals surface area contributed by atoms with E-state index < -0.39 is 0 Å². The van der Waals surface area contributed by atoms with Crippen LogP contribution in [0.5, 0.6) is 0 Å². The monoisotopic (exact) mass is 168 g/mol. The zero-order valence-corrected chi connectivity index (χ0v) is 8.38. The molecule has 0 radical (unpaired) electrons. The lowest BCUT2D eigenvalue weighted by atomic mass is 10.1. The van der Waals surface area contributed by atoms with Crippen LogP contribution in [0.2, 0.25) is 0 Å². The highest BCUT2D eigenvalue weighted by molar-refractivity contribution is 5.07. The Kier molecular flexibility index (Phi) is 1.74. The molecule has 1 saturated heterocycles. The number of rotatable bonds is 1. The molecule has 0 unspecified atom stereocenters. The summed E-state index contributed by atoms with van der Waals surface area (Å²) in [5.74, 6) is 2.74. The first-order valence-corrected chi connectivity index (χ1v) is 4.99. The van der Waals surface area contributed by atoms with Crippen LogP contribution in [0.3, 0.4) is 0 Å². The van der Waals surface area contributed by atoms with E-state index in [2.05, 4.69) is 25.7 Å². The van der Waals surface area contributed by atoms with Gasteiger partial charge >= 0.3 is 0 Å². The van der Waals surface area contributed by atoms with Crippen molar-refractivity contribution in [1.29, 1.82) is 0 Å². The second-order valence-corrected chi connectivity index (χ2v) is 5.30. The lowest BCUT2D eigenvalue weighted by molar-refractivity contribution is 0.148. The smallest absolute Gasteiger partial charge is 0.0125 e. The van der Waals surface area contributed by atoms with Crippen LogP contribution < -0.4 is 5.73 Å². The molecular formula is C10H20N2. The van der Waals surface area contributed by atoms with E-state index in [4.69, 9.17) is 5.73 Å². The van der Waals surface area contributed by atoms with Gasteiger partial charge in [-0.1, -0.05) is 0 Å². The predicted molar refractivity (Wildman–Crippen MR) is 50.9 cm³/mol. The lowest BCUT2D eigenvalue weighted by Crippen LogP contribution is -2.41. The van der Waals surface area contributed by atoms with E-state index in [9.17, 15) is 0 Å². The maximum absolute atomic E-state index is 5.66. The molecule has 0 aromatic heterocycles. The van der Waals surface area contributed by atoms with E-state index in [1.165, 1.54) is 13.1 Å². The van der Waals surface area contributed by atoms with Crippen molar-refractivity contribution >= 4 is 0 Å². The molecule has 2 heteroatoms. The zero-order valence-electron chi connectivity index (χ0n) is 8.38. The van der Waals surface area contributed by atoms with Gasteiger partial charge in [-0.25, -0.2) is 0 Å². The number of nitrogens with zero attached hydrogens (tertiary/aromatic N) is 1. The first kappa shape index (κ1) is 8.52. The third kappa shape index (κ3) is 1.17. The molecule has 2 fully saturated rings. The van der Waals surface area contributed by atoms with Crippen molar-refractivity contribution in [1.82, 2.24) is 4.90 Å². The fraction of sp³-hybridized carbons (Fsp3) is 1.00. The number of fused-ring (bicyclic) bond motifs is 1. The molecule has 0 aromatic rings. The number of hydrogen-bond donors (Lipinski definition) is 1. The second kappa shape index (κ2) is 2.46. The molecule has 1 aliphatic carbocycles. The quantitative estimate of drug-likeness (QED) is 0.631. The SMILES string of the molecule is CC(C)(C)N1C[C@@H]2[C@@H](CN)[C@@H]2C1. The molecular weight excluding hydrogens is 148 g/mol. The molecule has 2 aliphatic rings. The largest absolute Gasteiger partial charge is 0.330 e. The fourth-order valence-corrected chi connectivity index (χ4v) is 2.55. The van der Waals surface area contributed by atoms with Gasteiger partial charge in [0, 0.05) is 18.6 Å². The average molecular weight is 168 g/mol. The summed E-state index contributed by atoms with van der Waals surface area (Å²) < 4.78 is 0. The van der Waals surface area contributed by atoms with Gasteiger partial charge in [0.2, 0.25) is 0 Å². The molecule has 70 valence electrons. The van der Waals surface area contributed by atoms with Gasteiger partial charge in [0.1, 0.15) is 0 Å². The molecule has 0 amide bonds. The zero-order chi connectivity index (χ0) is 8.93. The van der Waals surface area contributed by atoms with Crippen molar-refractivity contribution in [2.24, 2.45) is 23.5 Å². The molecule has 12 heavy (non-hydrogen) atoms. The van der Waals surface area contributed by atoms with Gasteiger partial charge in [0.15, 0.2) is 0 Å². The molecule has 3 atom stereocenters. The Labute approximate surface area is 75.1 Å². The van der Waals surface area contributed by atoms with Crippen molar-refractivity contribution < 1.29 is 0 Å². The first-order chi connectivity index (χ1) is 5.54. The highest BCUT2D eigenvalue weighted by Crippen LogP contribution is 2.52. The molecule has 0 bridgehead atoms. The van der Waals surface area contributed by atoms with Crippen molar-refractivity contribution in [3.8, 4) is 0 Å². The summed E-state index contributed by atoms with van der Waals surface area (Å²) in [6, 6.07) is 0. The number of likely N-dealkylation sites (tertiary alicyclic amines) is 1. The molecule has 0 spiro atoms. The molecule has 1 aliphatic heterocycles. The third-order valence-electron chi connectivity index (χ3n) is 3.59. The van der Waals surface area contributed by atoms with Gasteiger partial charge in [-0.15, -0.1) is 0 Å². The highest BCUT2D eigenvalue weighted by Gasteiger charge is 2.55. The van der Waals surface area contributed by atoms with Crippen LogP contribution in [-0.2, 0) is 0 Å². The Bertz CT molecular complexity index is 171. The minimum Gasteiger partial charge on any atom is -0.330 e. The molecule has 2 rings (SSSR count). The van der Waals surface area contributed by atoms with E-state index in [1.54, 1.807) is 0 Å². The third-order valence-corrected chi connectivity index (χ3v) is 3.59. The standard InChI is InChI=1S/C10H20N2/c1-10(2,3)12-5-8-7(4-11)9(8)6-12/h7-9H,4-6,11H2,1-3H3/t7-,8-,9+. The summed E-state index contributed by atoms with van der Waals surface area (Å²) in [7, 11) is 0. The minimum atomic E-state index is 0.368. The Morgan fingerprint density at radius 3 is 2.08 bits per heavy atom. The van der Waals surface area contributed by atoms with Gasteiger partial charge in [-0.05, 0) is 45.1 Å². The fourth-order valence-electron chi connectivity index (χ4n) is 2.55. The Morgan fingerprint density at radius 1 is 1.25 bits per heavy atom. The van der Waals surface area contributed by atoms with E-state index in [0.717, 1.165) is 24.3 Å². The van der Waals surface area contributed by atoms with E-state index in [1.807, 2.05) is 0 Å². The van der Waals surface area contributed by atoms with Crippen LogP contribution in [0.1, 0.15) is 20.8 Å². The summed E-state index contributed by atoms with van der Waals surface area (Å²) >= 11 is 0. The first-order valence-electron chi connectivity index (χ1n) is 4.99. The van der Waals surface area contributed by atoms with Crippen molar-refractivity contribution in [3.05, 3.63) is 0 Å². The second-order valence-electron chi connectivity index (χ2n) is 5.30. The van der Waals surface area contributed by atoms with Crippen LogP contribution in [0.15, 0.2) is 0 Å². The van der Waals surface area contributed by atoms with Gasteiger partial charge in [0.25, 0.3) is 0 Å². The Balaban J connectivity index is 1.90.